The Kier molecular flexibility index (Phi) is 5.67. The van der Waals surface area contributed by atoms with Crippen LogP contribution in [0.25, 0.3) is 0 Å². The minimum absolute atomic E-state index is 0.0364. The maximum atomic E-state index is 12.6. The molecule has 5 nitrogen and oxygen atoms in total. The van der Waals surface area contributed by atoms with Crippen LogP contribution in [0.5, 0.6) is 0 Å². The van der Waals surface area contributed by atoms with E-state index in [1.54, 1.807) is 29.2 Å². The number of likely N-dealkylation sites (N-methyl/N-ethyl adjacent to an activating group) is 2. The van der Waals surface area contributed by atoms with E-state index in [0.717, 1.165) is 18.5 Å². The van der Waals surface area contributed by atoms with Crippen molar-refractivity contribution in [3.8, 4) is 0 Å². The van der Waals surface area contributed by atoms with Gasteiger partial charge in [0.25, 0.3) is 0 Å². The summed E-state index contributed by atoms with van der Waals surface area (Å²) >= 11 is 0. The third-order valence-corrected chi connectivity index (χ3v) is 6.36. The van der Waals surface area contributed by atoms with Crippen LogP contribution in [0.3, 0.4) is 0 Å². The van der Waals surface area contributed by atoms with Crippen molar-refractivity contribution in [3.63, 3.8) is 0 Å². The molecule has 0 spiro atoms. The Balaban J connectivity index is 1.61. The average molecular weight is 387 g/mol. The summed E-state index contributed by atoms with van der Waals surface area (Å²) in [6, 6.07) is 15.3. The number of nitrogens with zero attached hydrogens (tertiary/aromatic N) is 2. The number of rotatable bonds is 5. The van der Waals surface area contributed by atoms with Crippen LogP contribution in [0.4, 0.5) is 0 Å². The fraction of sp³-hybridized carbons (Fsp3) is 0.381. The van der Waals surface area contributed by atoms with E-state index < -0.39 is 9.84 Å². The molecule has 3 rings (SSSR count). The smallest absolute Gasteiger partial charge is 0.226 e. The molecule has 0 saturated heterocycles. The van der Waals surface area contributed by atoms with Gasteiger partial charge in [-0.3, -0.25) is 9.69 Å². The minimum Gasteiger partial charge on any atom is -0.344 e. The van der Waals surface area contributed by atoms with Gasteiger partial charge in [-0.2, -0.15) is 0 Å². The van der Waals surface area contributed by atoms with Crippen LogP contribution in [-0.4, -0.2) is 57.1 Å². The van der Waals surface area contributed by atoms with Crippen molar-refractivity contribution in [2.24, 2.45) is 0 Å². The van der Waals surface area contributed by atoms with E-state index in [-0.39, 0.29) is 17.2 Å². The van der Waals surface area contributed by atoms with Crippen LogP contribution in [0.1, 0.15) is 16.7 Å². The quantitative estimate of drug-likeness (QED) is 0.790. The normalized spacial score (nSPS) is 17.4. The second-order valence-corrected chi connectivity index (χ2v) is 9.42. The summed E-state index contributed by atoms with van der Waals surface area (Å²) in [7, 11) is 0.720. The summed E-state index contributed by atoms with van der Waals surface area (Å²) in [5.74, 6) is 0.0364. The first-order chi connectivity index (χ1) is 12.7. The number of benzene rings is 2. The van der Waals surface area contributed by atoms with Crippen LogP contribution in [0.15, 0.2) is 53.4 Å². The van der Waals surface area contributed by atoms with E-state index in [2.05, 4.69) is 36.2 Å². The SMILES string of the molecule is CN(CC1Cc2ccccc2CN1C)C(=O)Cc1ccc(S(C)(=O)=O)cc1. The van der Waals surface area contributed by atoms with Crippen molar-refractivity contribution < 1.29 is 13.2 Å². The minimum atomic E-state index is -3.21. The molecule has 0 bridgehead atoms. The van der Waals surface area contributed by atoms with Crippen molar-refractivity contribution in [1.29, 1.82) is 0 Å². The number of carbonyl (C=O) groups excluding carboxylic acids is 1. The zero-order valence-corrected chi connectivity index (χ0v) is 16.9. The Morgan fingerprint density at radius 3 is 2.37 bits per heavy atom. The van der Waals surface area contributed by atoms with Gasteiger partial charge in [-0.1, -0.05) is 36.4 Å². The summed E-state index contributed by atoms with van der Waals surface area (Å²) in [6.45, 7) is 1.57. The maximum absolute atomic E-state index is 12.6. The van der Waals surface area contributed by atoms with Crippen molar-refractivity contribution in [2.75, 3.05) is 26.9 Å². The number of hydrogen-bond acceptors (Lipinski definition) is 4. The van der Waals surface area contributed by atoms with Gasteiger partial charge in [-0.25, -0.2) is 8.42 Å². The van der Waals surface area contributed by atoms with E-state index in [9.17, 15) is 13.2 Å². The fourth-order valence-electron chi connectivity index (χ4n) is 3.50. The predicted molar refractivity (Wildman–Crippen MR) is 106 cm³/mol. The lowest BCUT2D eigenvalue weighted by molar-refractivity contribution is -0.129. The lowest BCUT2D eigenvalue weighted by Crippen LogP contribution is -2.46. The van der Waals surface area contributed by atoms with Gasteiger partial charge in [-0.15, -0.1) is 0 Å². The molecule has 1 amide bonds. The highest BCUT2D eigenvalue weighted by Gasteiger charge is 2.25. The van der Waals surface area contributed by atoms with Crippen molar-refractivity contribution >= 4 is 15.7 Å². The van der Waals surface area contributed by atoms with E-state index >= 15 is 0 Å². The Morgan fingerprint density at radius 2 is 1.74 bits per heavy atom. The molecule has 0 saturated carbocycles. The van der Waals surface area contributed by atoms with Gasteiger partial charge in [0.1, 0.15) is 0 Å². The first-order valence-electron chi connectivity index (χ1n) is 9.04. The fourth-order valence-corrected chi connectivity index (χ4v) is 4.13. The molecular weight excluding hydrogens is 360 g/mol. The largest absolute Gasteiger partial charge is 0.344 e. The standard InChI is InChI=1S/C21H26N2O3S/c1-22-14-18-7-5-4-6-17(18)13-19(22)15-23(2)21(24)12-16-8-10-20(11-9-16)27(3,25)26/h4-11,19H,12-15H2,1-3H3. The molecular formula is C21H26N2O3S. The van der Waals surface area contributed by atoms with Crippen molar-refractivity contribution in [1.82, 2.24) is 9.80 Å². The van der Waals surface area contributed by atoms with E-state index in [1.165, 1.54) is 17.4 Å². The molecule has 0 aromatic heterocycles. The van der Waals surface area contributed by atoms with Crippen LogP contribution in [0, 0.1) is 0 Å². The van der Waals surface area contributed by atoms with Gasteiger partial charge in [0.15, 0.2) is 9.84 Å². The van der Waals surface area contributed by atoms with Crippen LogP contribution in [-0.2, 0) is 34.0 Å². The molecule has 2 aromatic carbocycles. The van der Waals surface area contributed by atoms with Gasteiger partial charge < -0.3 is 4.90 Å². The number of carbonyl (C=O) groups is 1. The van der Waals surface area contributed by atoms with E-state index in [4.69, 9.17) is 0 Å². The zero-order valence-electron chi connectivity index (χ0n) is 16.1. The molecule has 1 unspecified atom stereocenters. The molecule has 0 radical (unpaired) electrons. The molecule has 1 heterocycles. The van der Waals surface area contributed by atoms with Crippen LogP contribution < -0.4 is 0 Å². The molecule has 1 atom stereocenters. The molecule has 27 heavy (non-hydrogen) atoms. The number of sulfone groups is 1. The highest BCUT2D eigenvalue weighted by Crippen LogP contribution is 2.22. The van der Waals surface area contributed by atoms with Crippen molar-refractivity contribution in [3.05, 3.63) is 65.2 Å². The number of hydrogen-bond donors (Lipinski definition) is 0. The molecule has 1 aliphatic rings. The third kappa shape index (κ3) is 4.76. The van der Waals surface area contributed by atoms with E-state index in [1.807, 2.05) is 7.05 Å². The summed E-state index contributed by atoms with van der Waals surface area (Å²) in [4.78, 5) is 17.0. The average Bonchev–Trinajstić information content (AvgIpc) is 2.62. The monoisotopic (exact) mass is 386 g/mol. The molecule has 2 aromatic rings. The molecule has 144 valence electrons. The molecule has 0 aliphatic carbocycles. The van der Waals surface area contributed by atoms with Gasteiger partial charge in [0.05, 0.1) is 11.3 Å². The summed E-state index contributed by atoms with van der Waals surface area (Å²) in [5, 5.41) is 0. The molecule has 1 aliphatic heterocycles. The van der Waals surface area contributed by atoms with Crippen LogP contribution >= 0.6 is 0 Å². The highest BCUT2D eigenvalue weighted by atomic mass is 32.2. The highest BCUT2D eigenvalue weighted by molar-refractivity contribution is 7.90. The Labute approximate surface area is 161 Å². The third-order valence-electron chi connectivity index (χ3n) is 5.23. The second-order valence-electron chi connectivity index (χ2n) is 7.41. The first-order valence-corrected chi connectivity index (χ1v) is 10.9. The summed E-state index contributed by atoms with van der Waals surface area (Å²) in [6.07, 6.45) is 2.39. The summed E-state index contributed by atoms with van der Waals surface area (Å²) in [5.41, 5.74) is 3.54. The predicted octanol–water partition coefficient (Wildman–Crippen LogP) is 2.15. The number of fused-ring (bicyclic) bond motifs is 1. The second kappa shape index (κ2) is 7.82. The lowest BCUT2D eigenvalue weighted by Gasteiger charge is -2.36. The lowest BCUT2D eigenvalue weighted by atomic mass is 9.94. The first kappa shape index (κ1) is 19.6. The maximum Gasteiger partial charge on any atom is 0.226 e. The van der Waals surface area contributed by atoms with E-state index in [0.29, 0.717) is 12.6 Å². The van der Waals surface area contributed by atoms with Crippen molar-refractivity contribution in [2.45, 2.75) is 30.3 Å². The Morgan fingerprint density at radius 1 is 1.11 bits per heavy atom. The molecule has 0 fully saturated rings. The molecule has 6 heteroatoms. The van der Waals surface area contributed by atoms with Crippen LogP contribution in [0.2, 0.25) is 0 Å². The van der Waals surface area contributed by atoms with Gasteiger partial charge in [0, 0.05) is 32.4 Å². The molecule has 0 N–H and O–H groups in total. The van der Waals surface area contributed by atoms with Gasteiger partial charge >= 0.3 is 0 Å². The summed E-state index contributed by atoms with van der Waals surface area (Å²) < 4.78 is 23.1. The zero-order chi connectivity index (χ0) is 19.6. The number of amides is 1. The van der Waals surface area contributed by atoms with Gasteiger partial charge in [-0.05, 0) is 42.3 Å². The Hall–Kier alpha value is -2.18. The Bertz CT molecular complexity index is 923. The topological polar surface area (TPSA) is 57.7 Å². The van der Waals surface area contributed by atoms with Gasteiger partial charge in [0.2, 0.25) is 5.91 Å².